The zero-order valence-electron chi connectivity index (χ0n) is 26.3. The molecule has 14 heteroatoms. The summed E-state index contributed by atoms with van der Waals surface area (Å²) in [6, 6.07) is 7.69. The lowest BCUT2D eigenvalue weighted by molar-refractivity contribution is -0.192. The monoisotopic (exact) mass is 654 g/mol. The first-order valence-electron chi connectivity index (χ1n) is 14.8. The van der Waals surface area contributed by atoms with E-state index in [1.165, 1.54) is 15.9 Å². The van der Waals surface area contributed by atoms with Crippen LogP contribution in [0.5, 0.6) is 0 Å². The van der Waals surface area contributed by atoms with Crippen LogP contribution in [0, 0.1) is 23.5 Å². The lowest BCUT2D eigenvalue weighted by Gasteiger charge is -2.45. The molecule has 252 valence electrons. The molecule has 0 unspecified atom stereocenters. The second-order valence-corrected chi connectivity index (χ2v) is 12.2. The summed E-state index contributed by atoms with van der Waals surface area (Å²) in [5.41, 5.74) is 2.13. The number of benzene rings is 2. The molecule has 0 saturated carbocycles. The molecule has 2 aromatic carbocycles. The second-order valence-electron chi connectivity index (χ2n) is 12.2. The lowest BCUT2D eigenvalue weighted by atomic mass is 9.87. The van der Waals surface area contributed by atoms with Gasteiger partial charge in [0.2, 0.25) is 17.7 Å². The van der Waals surface area contributed by atoms with Crippen molar-refractivity contribution in [1.82, 2.24) is 20.0 Å². The zero-order valence-corrected chi connectivity index (χ0v) is 26.3. The largest absolute Gasteiger partial charge is 0.490 e. The second kappa shape index (κ2) is 15.0. The van der Waals surface area contributed by atoms with Crippen LogP contribution in [0.15, 0.2) is 42.5 Å². The maximum atomic E-state index is 15.3. The maximum absolute atomic E-state index is 15.3. The van der Waals surface area contributed by atoms with Gasteiger partial charge in [0.15, 0.2) is 0 Å². The van der Waals surface area contributed by atoms with E-state index in [9.17, 15) is 31.9 Å². The van der Waals surface area contributed by atoms with E-state index >= 15 is 4.39 Å². The Balaban J connectivity index is 0.000000738. The molecule has 3 atom stereocenters. The van der Waals surface area contributed by atoms with Gasteiger partial charge in [-0.1, -0.05) is 44.2 Å². The van der Waals surface area contributed by atoms with Gasteiger partial charge >= 0.3 is 12.1 Å². The quantitative estimate of drug-likeness (QED) is 0.398. The average Bonchev–Trinajstić information content (AvgIpc) is 3.39. The van der Waals surface area contributed by atoms with E-state index in [-0.39, 0.29) is 23.3 Å². The number of nitrogens with zero attached hydrogens (tertiary/aromatic N) is 3. The molecule has 2 N–H and O–H groups in total. The van der Waals surface area contributed by atoms with Crippen LogP contribution in [-0.4, -0.2) is 96.0 Å². The minimum atomic E-state index is -5.08. The highest BCUT2D eigenvalue weighted by molar-refractivity contribution is 6.00. The number of carboxylic acid groups (broad SMARTS) is 1. The maximum Gasteiger partial charge on any atom is 0.490 e. The van der Waals surface area contributed by atoms with Gasteiger partial charge in [0.25, 0.3) is 0 Å². The van der Waals surface area contributed by atoms with Gasteiger partial charge < -0.3 is 25.1 Å². The number of nitrogens with one attached hydrogen (secondary N) is 1. The van der Waals surface area contributed by atoms with E-state index in [1.54, 1.807) is 7.05 Å². The van der Waals surface area contributed by atoms with Crippen molar-refractivity contribution in [2.24, 2.45) is 11.8 Å². The number of amides is 3. The van der Waals surface area contributed by atoms with E-state index in [0.717, 1.165) is 17.2 Å². The Kier molecular flexibility index (Phi) is 11.9. The van der Waals surface area contributed by atoms with Gasteiger partial charge in [-0.2, -0.15) is 13.2 Å². The molecule has 1 fully saturated rings. The van der Waals surface area contributed by atoms with Crippen molar-refractivity contribution >= 4 is 23.7 Å². The summed E-state index contributed by atoms with van der Waals surface area (Å²) < 4.78 is 61.0. The van der Waals surface area contributed by atoms with Crippen molar-refractivity contribution in [3.8, 4) is 0 Å². The Morgan fingerprint density at radius 1 is 1.00 bits per heavy atom. The van der Waals surface area contributed by atoms with Gasteiger partial charge in [0.1, 0.15) is 29.8 Å². The van der Waals surface area contributed by atoms with Gasteiger partial charge in [0, 0.05) is 31.8 Å². The van der Waals surface area contributed by atoms with E-state index in [4.69, 9.17) is 9.90 Å². The molecule has 1 aliphatic carbocycles. The molecule has 0 radical (unpaired) electrons. The first-order valence-corrected chi connectivity index (χ1v) is 14.8. The normalized spacial score (nSPS) is 19.0. The Bertz CT molecular complexity index is 1410. The summed E-state index contributed by atoms with van der Waals surface area (Å²) in [6.45, 7) is 4.73. The van der Waals surface area contributed by atoms with Gasteiger partial charge in [-0.25, -0.2) is 13.6 Å². The minimum absolute atomic E-state index is 0.0172. The summed E-state index contributed by atoms with van der Waals surface area (Å²) in [5, 5.41) is 10.1. The summed E-state index contributed by atoms with van der Waals surface area (Å²) in [7, 11) is 5.34. The molecule has 9 nitrogen and oxygen atoms in total. The van der Waals surface area contributed by atoms with Crippen molar-refractivity contribution in [1.29, 1.82) is 0 Å². The van der Waals surface area contributed by atoms with Gasteiger partial charge in [0.05, 0.1) is 0 Å². The molecular formula is C32H39F5N4O5. The number of likely N-dealkylation sites (N-methyl/N-ethyl adjacent to an activating group) is 2. The van der Waals surface area contributed by atoms with E-state index in [1.807, 2.05) is 57.1 Å². The number of halogens is 5. The molecular weight excluding hydrogens is 615 g/mol. The molecule has 0 aromatic heterocycles. The molecule has 1 saturated heterocycles. The number of aliphatic carboxylic acids is 1. The number of fused-ring (bicyclic) bond motifs is 1. The van der Waals surface area contributed by atoms with Crippen LogP contribution < -0.4 is 5.32 Å². The number of rotatable bonds is 9. The van der Waals surface area contributed by atoms with Crippen molar-refractivity contribution < 1.29 is 46.2 Å². The smallest absolute Gasteiger partial charge is 0.475 e. The van der Waals surface area contributed by atoms with Gasteiger partial charge in [-0.05, 0) is 62.4 Å². The Morgan fingerprint density at radius 3 is 2.04 bits per heavy atom. The molecule has 2 aromatic rings. The van der Waals surface area contributed by atoms with Crippen LogP contribution in [0.1, 0.15) is 43.0 Å². The Hall–Kier alpha value is -4.07. The number of alkyl halides is 3. The van der Waals surface area contributed by atoms with Crippen molar-refractivity contribution in [3.05, 3.63) is 70.8 Å². The SMILES string of the molecule is CC(C)C[C@@H]1C(=O)N[C@H](C2Cc3ccccc3C2)C(=O)N1[C@@H](C(=O)N(C)CCN(C)C)c1ccc(F)cc1F.O=C(O)C(F)(F)F. The molecule has 1 heterocycles. The number of hydrogen-bond acceptors (Lipinski definition) is 5. The third-order valence-corrected chi connectivity index (χ3v) is 7.98. The topological polar surface area (TPSA) is 110 Å². The summed E-state index contributed by atoms with van der Waals surface area (Å²) >= 11 is 0. The first kappa shape index (κ1) is 36.4. The first-order chi connectivity index (χ1) is 21.4. The number of piperazine rings is 1. The number of carbonyl (C=O) groups excluding carboxylic acids is 3. The summed E-state index contributed by atoms with van der Waals surface area (Å²) in [6.07, 6.45) is -3.56. The highest BCUT2D eigenvalue weighted by Gasteiger charge is 2.50. The number of carbonyl (C=O) groups is 4. The predicted octanol–water partition coefficient (Wildman–Crippen LogP) is 3.82. The molecule has 0 spiro atoms. The lowest BCUT2D eigenvalue weighted by Crippen LogP contribution is -2.67. The zero-order chi connectivity index (χ0) is 34.5. The summed E-state index contributed by atoms with van der Waals surface area (Å²) in [5.74, 6) is -5.94. The van der Waals surface area contributed by atoms with Crippen LogP contribution in [0.2, 0.25) is 0 Å². The fourth-order valence-electron chi connectivity index (χ4n) is 5.67. The van der Waals surface area contributed by atoms with E-state index in [0.29, 0.717) is 38.4 Å². The standard InChI is InChI=1S/C30H38F2N4O3.C2HF3O2/c1-18(2)14-25-28(37)33-26(21-15-19-8-6-7-9-20(19)16-21)29(38)36(25)27(23-11-10-22(31)17-24(23)32)30(39)35(5)13-12-34(3)4;3-2(4,5)1(6)7/h6-11,17-18,21,25-27H,12-16H2,1-5H3,(H,33,37);(H,6,7)/t25-,26-,27-;/m1./s1. The minimum Gasteiger partial charge on any atom is -0.475 e. The third kappa shape index (κ3) is 8.80. The number of carboxylic acids is 1. The van der Waals surface area contributed by atoms with Crippen LogP contribution in [0.4, 0.5) is 22.0 Å². The molecule has 2 aliphatic rings. The fraction of sp³-hybridized carbons (Fsp3) is 0.500. The van der Waals surface area contributed by atoms with Crippen molar-refractivity contribution in [2.45, 2.75) is 57.4 Å². The molecule has 46 heavy (non-hydrogen) atoms. The highest BCUT2D eigenvalue weighted by atomic mass is 19.4. The summed E-state index contributed by atoms with van der Waals surface area (Å²) in [4.78, 5) is 55.5. The number of hydrogen-bond donors (Lipinski definition) is 2. The van der Waals surface area contributed by atoms with Crippen LogP contribution >= 0.6 is 0 Å². The Labute approximate surface area is 264 Å². The van der Waals surface area contributed by atoms with E-state index < -0.39 is 53.7 Å². The van der Waals surface area contributed by atoms with Crippen LogP contribution in [-0.2, 0) is 32.0 Å². The fourth-order valence-corrected chi connectivity index (χ4v) is 5.67. The molecule has 0 bridgehead atoms. The van der Waals surface area contributed by atoms with Gasteiger partial charge in [-0.15, -0.1) is 0 Å². The van der Waals surface area contributed by atoms with Gasteiger partial charge in [-0.3, -0.25) is 14.4 Å². The molecule has 4 rings (SSSR count). The van der Waals surface area contributed by atoms with Crippen LogP contribution in [0.3, 0.4) is 0 Å². The molecule has 3 amide bonds. The Morgan fingerprint density at radius 2 is 1.57 bits per heavy atom. The highest BCUT2D eigenvalue weighted by Crippen LogP contribution is 2.36. The van der Waals surface area contributed by atoms with E-state index in [2.05, 4.69) is 5.32 Å². The molecule has 1 aliphatic heterocycles. The van der Waals surface area contributed by atoms with Crippen molar-refractivity contribution in [2.75, 3.05) is 34.2 Å². The average molecular weight is 655 g/mol. The third-order valence-electron chi connectivity index (χ3n) is 7.98. The predicted molar refractivity (Wildman–Crippen MR) is 158 cm³/mol. The van der Waals surface area contributed by atoms with Crippen LogP contribution in [0.25, 0.3) is 0 Å². The van der Waals surface area contributed by atoms with Crippen molar-refractivity contribution in [3.63, 3.8) is 0 Å².